The smallest absolute Gasteiger partial charge is 0.226 e. The molecule has 1 aromatic carbocycles. The molecule has 1 aliphatic heterocycles. The van der Waals surface area contributed by atoms with Gasteiger partial charge in [-0.05, 0) is 38.5 Å². The number of benzene rings is 1. The second-order valence-corrected chi connectivity index (χ2v) is 7.51. The van der Waals surface area contributed by atoms with Crippen molar-refractivity contribution in [1.29, 1.82) is 0 Å². The Balaban J connectivity index is 1.77. The summed E-state index contributed by atoms with van der Waals surface area (Å²) in [4.78, 5) is 37.8. The maximum Gasteiger partial charge on any atom is 0.226 e. The summed E-state index contributed by atoms with van der Waals surface area (Å²) in [6.45, 7) is 6.50. The summed E-state index contributed by atoms with van der Waals surface area (Å²) in [7, 11) is 0. The van der Waals surface area contributed by atoms with Gasteiger partial charge >= 0.3 is 0 Å². The SMILES string of the molecule is Cc1ccc(Br)cc1NC(=O)CCNC(=O)C1CC(=O)N(C(C)C)C1. The molecule has 25 heavy (non-hydrogen) atoms. The molecule has 0 spiro atoms. The van der Waals surface area contributed by atoms with Crippen LogP contribution in [-0.2, 0) is 14.4 Å². The summed E-state index contributed by atoms with van der Waals surface area (Å²) in [5.41, 5.74) is 1.72. The Morgan fingerprint density at radius 2 is 2.08 bits per heavy atom. The fourth-order valence-corrected chi connectivity index (χ4v) is 3.15. The van der Waals surface area contributed by atoms with E-state index < -0.39 is 0 Å². The van der Waals surface area contributed by atoms with Crippen LogP contribution in [0.15, 0.2) is 22.7 Å². The first-order valence-corrected chi connectivity index (χ1v) is 9.20. The molecule has 0 aromatic heterocycles. The van der Waals surface area contributed by atoms with Crippen molar-refractivity contribution in [2.75, 3.05) is 18.4 Å². The second-order valence-electron chi connectivity index (χ2n) is 6.59. The van der Waals surface area contributed by atoms with Crippen LogP contribution < -0.4 is 10.6 Å². The van der Waals surface area contributed by atoms with Gasteiger partial charge in [0.2, 0.25) is 17.7 Å². The Hall–Kier alpha value is -1.89. The molecule has 2 rings (SSSR count). The van der Waals surface area contributed by atoms with Gasteiger partial charge in [0.15, 0.2) is 0 Å². The lowest BCUT2D eigenvalue weighted by molar-refractivity contribution is -0.130. The molecule has 0 bridgehead atoms. The van der Waals surface area contributed by atoms with Gasteiger partial charge in [0, 0.05) is 42.1 Å². The summed E-state index contributed by atoms with van der Waals surface area (Å²) >= 11 is 3.38. The first-order valence-electron chi connectivity index (χ1n) is 8.41. The Morgan fingerprint density at radius 3 is 2.72 bits per heavy atom. The zero-order valence-electron chi connectivity index (χ0n) is 14.8. The average molecular weight is 410 g/mol. The van der Waals surface area contributed by atoms with Gasteiger partial charge in [0.25, 0.3) is 0 Å². The molecule has 6 nitrogen and oxygen atoms in total. The Kier molecular flexibility index (Phi) is 6.58. The number of halogens is 1. The third-order valence-corrected chi connectivity index (χ3v) is 4.77. The molecule has 3 amide bonds. The van der Waals surface area contributed by atoms with Crippen molar-refractivity contribution in [3.8, 4) is 0 Å². The predicted molar refractivity (Wildman–Crippen MR) is 100 cm³/mol. The number of carbonyl (C=O) groups excluding carboxylic acids is 3. The summed E-state index contributed by atoms with van der Waals surface area (Å²) in [6, 6.07) is 5.77. The molecule has 0 aliphatic carbocycles. The number of nitrogens with one attached hydrogen (secondary N) is 2. The summed E-state index contributed by atoms with van der Waals surface area (Å²) in [5.74, 6) is -0.640. The highest BCUT2D eigenvalue weighted by atomic mass is 79.9. The number of rotatable bonds is 6. The number of hydrogen-bond donors (Lipinski definition) is 2. The lowest BCUT2D eigenvalue weighted by Crippen LogP contribution is -2.36. The topological polar surface area (TPSA) is 78.5 Å². The standard InChI is InChI=1S/C18H24BrN3O3/c1-11(2)22-10-13(8-17(22)24)18(25)20-7-6-16(23)21-15-9-14(19)5-4-12(15)3/h4-5,9,11,13H,6-8,10H2,1-3H3,(H,20,25)(H,21,23). The van der Waals surface area contributed by atoms with Crippen molar-refractivity contribution in [3.63, 3.8) is 0 Å². The van der Waals surface area contributed by atoms with Crippen LogP contribution in [0.3, 0.4) is 0 Å². The summed E-state index contributed by atoms with van der Waals surface area (Å²) in [5, 5.41) is 5.60. The van der Waals surface area contributed by atoms with E-state index in [1.165, 1.54) is 0 Å². The quantitative estimate of drug-likeness (QED) is 0.757. The van der Waals surface area contributed by atoms with Gasteiger partial charge in [-0.1, -0.05) is 22.0 Å². The van der Waals surface area contributed by atoms with Crippen molar-refractivity contribution in [1.82, 2.24) is 10.2 Å². The maximum absolute atomic E-state index is 12.2. The normalized spacial score (nSPS) is 17.1. The number of aryl methyl sites for hydroxylation is 1. The van der Waals surface area contributed by atoms with E-state index in [4.69, 9.17) is 0 Å². The minimum atomic E-state index is -0.328. The van der Waals surface area contributed by atoms with E-state index >= 15 is 0 Å². The summed E-state index contributed by atoms with van der Waals surface area (Å²) < 4.78 is 0.891. The van der Waals surface area contributed by atoms with Crippen LogP contribution in [0.5, 0.6) is 0 Å². The maximum atomic E-state index is 12.2. The molecule has 136 valence electrons. The molecular formula is C18H24BrN3O3. The van der Waals surface area contributed by atoms with Crippen LogP contribution in [0, 0.1) is 12.8 Å². The van der Waals surface area contributed by atoms with Gasteiger partial charge < -0.3 is 15.5 Å². The van der Waals surface area contributed by atoms with Crippen LogP contribution in [0.25, 0.3) is 0 Å². The van der Waals surface area contributed by atoms with Crippen LogP contribution in [-0.4, -0.2) is 41.8 Å². The highest BCUT2D eigenvalue weighted by Crippen LogP contribution is 2.21. The van der Waals surface area contributed by atoms with Crippen molar-refractivity contribution in [2.45, 2.75) is 39.7 Å². The van der Waals surface area contributed by atoms with E-state index in [-0.39, 0.29) is 49.1 Å². The molecule has 1 heterocycles. The van der Waals surface area contributed by atoms with E-state index in [0.29, 0.717) is 6.54 Å². The van der Waals surface area contributed by atoms with Crippen molar-refractivity contribution >= 4 is 39.3 Å². The zero-order valence-corrected chi connectivity index (χ0v) is 16.4. The Bertz CT molecular complexity index is 676. The number of hydrogen-bond acceptors (Lipinski definition) is 3. The van der Waals surface area contributed by atoms with Crippen LogP contribution >= 0.6 is 15.9 Å². The van der Waals surface area contributed by atoms with Crippen LogP contribution in [0.2, 0.25) is 0 Å². The van der Waals surface area contributed by atoms with E-state index in [2.05, 4.69) is 26.6 Å². The fourth-order valence-electron chi connectivity index (χ4n) is 2.79. The molecule has 1 aliphatic rings. The van der Waals surface area contributed by atoms with Crippen LogP contribution in [0.1, 0.15) is 32.3 Å². The highest BCUT2D eigenvalue weighted by molar-refractivity contribution is 9.10. The first kappa shape index (κ1) is 19.4. The van der Waals surface area contributed by atoms with Gasteiger partial charge in [-0.2, -0.15) is 0 Å². The molecule has 1 unspecified atom stereocenters. The molecule has 2 N–H and O–H groups in total. The molecule has 0 radical (unpaired) electrons. The molecule has 1 atom stereocenters. The van der Waals surface area contributed by atoms with Gasteiger partial charge in [-0.25, -0.2) is 0 Å². The largest absolute Gasteiger partial charge is 0.355 e. The zero-order chi connectivity index (χ0) is 18.6. The van der Waals surface area contributed by atoms with E-state index in [9.17, 15) is 14.4 Å². The van der Waals surface area contributed by atoms with Gasteiger partial charge in [0.05, 0.1) is 5.92 Å². The number of amides is 3. The fraction of sp³-hybridized carbons (Fsp3) is 0.500. The monoisotopic (exact) mass is 409 g/mol. The minimum Gasteiger partial charge on any atom is -0.355 e. The summed E-state index contributed by atoms with van der Waals surface area (Å²) in [6.07, 6.45) is 0.430. The Labute approximate surface area is 156 Å². The third-order valence-electron chi connectivity index (χ3n) is 4.28. The molecule has 0 saturated carbocycles. The van der Waals surface area contributed by atoms with Gasteiger partial charge in [-0.15, -0.1) is 0 Å². The van der Waals surface area contributed by atoms with E-state index in [0.717, 1.165) is 15.7 Å². The number of nitrogens with zero attached hydrogens (tertiary/aromatic N) is 1. The highest BCUT2D eigenvalue weighted by Gasteiger charge is 2.35. The second kappa shape index (κ2) is 8.47. The molecular weight excluding hydrogens is 386 g/mol. The molecule has 1 fully saturated rings. The Morgan fingerprint density at radius 1 is 1.36 bits per heavy atom. The molecule has 1 saturated heterocycles. The van der Waals surface area contributed by atoms with Gasteiger partial charge in [-0.3, -0.25) is 14.4 Å². The number of likely N-dealkylation sites (tertiary alicyclic amines) is 1. The minimum absolute atomic E-state index is 0.0121. The van der Waals surface area contributed by atoms with E-state index in [1.807, 2.05) is 39.0 Å². The number of anilines is 1. The van der Waals surface area contributed by atoms with Crippen molar-refractivity contribution in [2.24, 2.45) is 5.92 Å². The molecule has 7 heteroatoms. The van der Waals surface area contributed by atoms with Crippen molar-refractivity contribution < 1.29 is 14.4 Å². The van der Waals surface area contributed by atoms with Crippen LogP contribution in [0.4, 0.5) is 5.69 Å². The lowest BCUT2D eigenvalue weighted by atomic mass is 10.1. The average Bonchev–Trinajstić information content (AvgIpc) is 2.93. The lowest BCUT2D eigenvalue weighted by Gasteiger charge is -2.20. The number of carbonyl (C=O) groups is 3. The van der Waals surface area contributed by atoms with E-state index in [1.54, 1.807) is 4.90 Å². The van der Waals surface area contributed by atoms with Crippen molar-refractivity contribution in [3.05, 3.63) is 28.2 Å². The van der Waals surface area contributed by atoms with Gasteiger partial charge in [0.1, 0.15) is 0 Å². The predicted octanol–water partition coefficient (Wildman–Crippen LogP) is 2.46. The molecule has 1 aromatic rings. The first-order chi connectivity index (χ1) is 11.8. The third kappa shape index (κ3) is 5.29.